The Balaban J connectivity index is 1.88. The van der Waals surface area contributed by atoms with E-state index in [1.165, 1.54) is 28.8 Å². The van der Waals surface area contributed by atoms with Crippen molar-refractivity contribution in [1.29, 1.82) is 0 Å². The molecule has 1 amide bonds. The number of aliphatic imine (C=N–C) groups is 1. The van der Waals surface area contributed by atoms with Crippen LogP contribution in [-0.4, -0.2) is 39.2 Å². The van der Waals surface area contributed by atoms with Crippen LogP contribution in [0.1, 0.15) is 21.5 Å². The highest BCUT2D eigenvalue weighted by atomic mass is 32.2. The number of benzene rings is 2. The molecular weight excluding hydrogens is 352 g/mol. The quantitative estimate of drug-likeness (QED) is 0.808. The lowest BCUT2D eigenvalue weighted by Crippen LogP contribution is -2.23. The summed E-state index contributed by atoms with van der Waals surface area (Å²) >= 11 is 1.20. The molecule has 1 fully saturated rings. The first-order valence-corrected chi connectivity index (χ1v) is 8.56. The van der Waals surface area contributed by atoms with Gasteiger partial charge in [0.1, 0.15) is 11.4 Å². The molecule has 2 aromatic carbocycles. The molecule has 2 aromatic rings. The van der Waals surface area contributed by atoms with Crippen molar-refractivity contribution in [2.24, 2.45) is 4.99 Å². The highest BCUT2D eigenvalue weighted by Gasteiger charge is 2.30. The number of thioether (sulfide) groups is 1. The monoisotopic (exact) mass is 368 g/mol. The van der Waals surface area contributed by atoms with Gasteiger partial charge in [0.25, 0.3) is 5.91 Å². The number of aryl methyl sites for hydroxylation is 1. The van der Waals surface area contributed by atoms with Crippen LogP contribution in [0.3, 0.4) is 0 Å². The van der Waals surface area contributed by atoms with Gasteiger partial charge in [-0.25, -0.2) is 9.79 Å². The van der Waals surface area contributed by atoms with Gasteiger partial charge >= 0.3 is 5.97 Å². The van der Waals surface area contributed by atoms with Gasteiger partial charge in [0.05, 0.1) is 10.5 Å². The highest BCUT2D eigenvalue weighted by Crippen LogP contribution is 2.35. The lowest BCUT2D eigenvalue weighted by atomic mass is 10.1. The highest BCUT2D eigenvalue weighted by molar-refractivity contribution is 8.18. The Kier molecular flexibility index (Phi) is 4.81. The van der Waals surface area contributed by atoms with Gasteiger partial charge in [-0.1, -0.05) is 18.2 Å². The molecule has 6 nitrogen and oxygen atoms in total. The summed E-state index contributed by atoms with van der Waals surface area (Å²) in [5, 5.41) is 19.4. The lowest BCUT2D eigenvalue weighted by molar-refractivity contribution is -0.121. The molecule has 0 spiro atoms. The van der Waals surface area contributed by atoms with E-state index in [2.05, 4.69) is 4.99 Å². The zero-order valence-corrected chi connectivity index (χ0v) is 14.9. The van der Waals surface area contributed by atoms with E-state index in [9.17, 15) is 14.7 Å². The third-order valence-electron chi connectivity index (χ3n) is 3.81. The third kappa shape index (κ3) is 3.62. The van der Waals surface area contributed by atoms with Gasteiger partial charge in [-0.05, 0) is 60.2 Å². The van der Waals surface area contributed by atoms with Crippen LogP contribution in [-0.2, 0) is 4.79 Å². The number of aromatic hydroxyl groups is 1. The Labute approximate surface area is 154 Å². The van der Waals surface area contributed by atoms with Crippen LogP contribution < -0.4 is 0 Å². The van der Waals surface area contributed by atoms with Crippen LogP contribution in [0.4, 0.5) is 5.69 Å². The van der Waals surface area contributed by atoms with Crippen LogP contribution in [0.5, 0.6) is 5.75 Å². The van der Waals surface area contributed by atoms with E-state index < -0.39 is 5.97 Å². The number of nitrogens with zero attached hydrogens (tertiary/aromatic N) is 2. The molecule has 1 saturated heterocycles. The molecule has 0 bridgehead atoms. The minimum Gasteiger partial charge on any atom is -0.506 e. The second-order valence-electron chi connectivity index (χ2n) is 5.79. The number of carbonyl (C=O) groups excluding carboxylic acids is 1. The Morgan fingerprint density at radius 1 is 1.19 bits per heavy atom. The molecular formula is C19H16N2O4S. The number of hydrogen-bond donors (Lipinski definition) is 2. The molecule has 0 atom stereocenters. The predicted molar refractivity (Wildman–Crippen MR) is 102 cm³/mol. The molecule has 1 aliphatic heterocycles. The van der Waals surface area contributed by atoms with Gasteiger partial charge in [-0.2, -0.15) is 0 Å². The number of carbonyl (C=O) groups is 2. The largest absolute Gasteiger partial charge is 0.506 e. The number of rotatable bonds is 3. The van der Waals surface area contributed by atoms with Gasteiger partial charge in [-0.15, -0.1) is 0 Å². The van der Waals surface area contributed by atoms with Gasteiger partial charge < -0.3 is 10.2 Å². The Bertz CT molecular complexity index is 949. The second-order valence-corrected chi connectivity index (χ2v) is 6.80. The smallest absolute Gasteiger partial charge is 0.335 e. The van der Waals surface area contributed by atoms with Crippen molar-refractivity contribution in [3.8, 4) is 5.75 Å². The van der Waals surface area contributed by atoms with Crippen molar-refractivity contribution in [3.63, 3.8) is 0 Å². The maximum Gasteiger partial charge on any atom is 0.335 e. The van der Waals surface area contributed by atoms with Crippen LogP contribution >= 0.6 is 11.8 Å². The van der Waals surface area contributed by atoms with Gasteiger partial charge in [0, 0.05) is 7.05 Å². The number of carboxylic acid groups (broad SMARTS) is 1. The Hall–Kier alpha value is -3.06. The number of amides is 1. The van der Waals surface area contributed by atoms with E-state index in [0.29, 0.717) is 15.8 Å². The summed E-state index contributed by atoms with van der Waals surface area (Å²) < 4.78 is 0. The van der Waals surface area contributed by atoms with E-state index in [1.54, 1.807) is 37.4 Å². The number of carboxylic acids is 1. The molecule has 0 radical (unpaired) electrons. The minimum atomic E-state index is -0.998. The van der Waals surface area contributed by atoms with E-state index in [1.807, 2.05) is 13.0 Å². The predicted octanol–water partition coefficient (Wildman–Crippen LogP) is 3.63. The number of amidine groups is 1. The average Bonchev–Trinajstić information content (AvgIpc) is 2.86. The van der Waals surface area contributed by atoms with Crippen molar-refractivity contribution in [2.45, 2.75) is 6.92 Å². The van der Waals surface area contributed by atoms with E-state index in [4.69, 9.17) is 5.11 Å². The normalized spacial score (nSPS) is 17.3. The standard InChI is InChI=1S/C19H16N2O4S/c1-11-3-8-14(15(22)9-11)20-19-21(2)17(23)16(26-19)10-12-4-6-13(7-5-12)18(24)25/h3-10,22H,1-2H3,(H,24,25)/b16-10-,20-19?. The van der Waals surface area contributed by atoms with Gasteiger partial charge in [0.15, 0.2) is 5.17 Å². The molecule has 1 heterocycles. The summed E-state index contributed by atoms with van der Waals surface area (Å²) in [5.41, 5.74) is 2.22. The first-order chi connectivity index (χ1) is 12.3. The van der Waals surface area contributed by atoms with Crippen LogP contribution in [0.2, 0.25) is 0 Å². The molecule has 0 aliphatic carbocycles. The number of aromatic carboxylic acids is 1. The fraction of sp³-hybridized carbons (Fsp3) is 0.105. The van der Waals surface area contributed by atoms with Gasteiger partial charge in [-0.3, -0.25) is 9.69 Å². The van der Waals surface area contributed by atoms with Crippen LogP contribution in [0.15, 0.2) is 52.4 Å². The number of likely N-dealkylation sites (N-methyl/N-ethyl adjacent to an activating group) is 1. The van der Waals surface area contributed by atoms with E-state index in [0.717, 1.165) is 11.1 Å². The fourth-order valence-electron chi connectivity index (χ4n) is 2.36. The van der Waals surface area contributed by atoms with Crippen molar-refractivity contribution in [3.05, 3.63) is 64.1 Å². The molecule has 0 saturated carbocycles. The van der Waals surface area contributed by atoms with Crippen LogP contribution in [0.25, 0.3) is 6.08 Å². The summed E-state index contributed by atoms with van der Waals surface area (Å²) in [6.45, 7) is 1.87. The summed E-state index contributed by atoms with van der Waals surface area (Å²) in [5.74, 6) is -1.15. The first kappa shape index (κ1) is 17.8. The topological polar surface area (TPSA) is 90.2 Å². The second kappa shape index (κ2) is 7.05. The number of hydrogen-bond acceptors (Lipinski definition) is 5. The molecule has 7 heteroatoms. The van der Waals surface area contributed by atoms with Crippen molar-refractivity contribution in [1.82, 2.24) is 4.90 Å². The number of phenolic OH excluding ortho intramolecular Hbond substituents is 1. The summed E-state index contributed by atoms with van der Waals surface area (Å²) in [6.07, 6.45) is 1.69. The third-order valence-corrected chi connectivity index (χ3v) is 4.87. The van der Waals surface area contributed by atoms with E-state index in [-0.39, 0.29) is 17.2 Å². The van der Waals surface area contributed by atoms with Crippen molar-refractivity contribution < 1.29 is 19.8 Å². The lowest BCUT2D eigenvalue weighted by Gasteiger charge is -2.08. The van der Waals surface area contributed by atoms with Crippen molar-refractivity contribution >= 4 is 40.6 Å². The molecule has 0 aromatic heterocycles. The molecule has 3 rings (SSSR count). The molecule has 26 heavy (non-hydrogen) atoms. The zero-order chi connectivity index (χ0) is 18.8. The first-order valence-electron chi connectivity index (χ1n) is 7.74. The Morgan fingerprint density at radius 2 is 1.88 bits per heavy atom. The molecule has 0 unspecified atom stereocenters. The maximum atomic E-state index is 12.4. The fourth-order valence-corrected chi connectivity index (χ4v) is 3.34. The average molecular weight is 368 g/mol. The molecule has 1 aliphatic rings. The molecule has 2 N–H and O–H groups in total. The van der Waals surface area contributed by atoms with Crippen molar-refractivity contribution in [2.75, 3.05) is 7.05 Å². The SMILES string of the molecule is Cc1ccc(N=C2S/C(=C\c3ccc(C(=O)O)cc3)C(=O)N2C)c(O)c1. The van der Waals surface area contributed by atoms with E-state index >= 15 is 0 Å². The van der Waals surface area contributed by atoms with Gasteiger partial charge in [0.2, 0.25) is 0 Å². The number of phenols is 1. The molecule has 132 valence electrons. The summed E-state index contributed by atoms with van der Waals surface area (Å²) in [6, 6.07) is 11.4. The minimum absolute atomic E-state index is 0.0561. The Morgan fingerprint density at radius 3 is 2.50 bits per heavy atom. The summed E-state index contributed by atoms with van der Waals surface area (Å²) in [7, 11) is 1.62. The zero-order valence-electron chi connectivity index (χ0n) is 14.1. The maximum absolute atomic E-state index is 12.4. The summed E-state index contributed by atoms with van der Waals surface area (Å²) in [4.78, 5) is 29.6. The van der Waals surface area contributed by atoms with Crippen LogP contribution in [0, 0.1) is 6.92 Å².